The minimum absolute atomic E-state index is 0.0665. The molecule has 1 N–H and O–H groups in total. The summed E-state index contributed by atoms with van der Waals surface area (Å²) in [7, 11) is -3.58. The molecule has 0 radical (unpaired) electrons. The fourth-order valence-corrected chi connectivity index (χ4v) is 4.30. The van der Waals surface area contributed by atoms with Crippen LogP contribution in [-0.4, -0.2) is 14.5 Å². The van der Waals surface area contributed by atoms with Crippen molar-refractivity contribution in [3.05, 3.63) is 15.9 Å². The molecular formula is C9H11BrN2O2S2. The van der Waals surface area contributed by atoms with Gasteiger partial charge in [-0.1, -0.05) is 13.8 Å². The van der Waals surface area contributed by atoms with Crippen LogP contribution < -0.4 is 4.72 Å². The van der Waals surface area contributed by atoms with Gasteiger partial charge in [-0.2, -0.15) is 9.98 Å². The maximum Gasteiger partial charge on any atom is 0.251 e. The molecule has 0 aliphatic rings. The Balaban J connectivity index is 2.93. The predicted molar refractivity (Wildman–Crippen MR) is 66.6 cm³/mol. The summed E-state index contributed by atoms with van der Waals surface area (Å²) in [4.78, 5) is 0. The largest absolute Gasteiger partial charge is 0.251 e. The molecule has 0 aliphatic heterocycles. The van der Waals surface area contributed by atoms with Crippen LogP contribution in [0.15, 0.2) is 20.1 Å². The third-order valence-corrected chi connectivity index (χ3v) is 5.46. The van der Waals surface area contributed by atoms with Gasteiger partial charge in [0, 0.05) is 0 Å². The third-order valence-electron chi connectivity index (χ3n) is 1.90. The average Bonchev–Trinajstić information content (AvgIpc) is 2.61. The number of nitrogens with one attached hydrogen (secondary N) is 1. The molecule has 88 valence electrons. The first-order valence-electron chi connectivity index (χ1n) is 4.54. The number of rotatable bonds is 4. The first kappa shape index (κ1) is 13.6. The van der Waals surface area contributed by atoms with Crippen molar-refractivity contribution in [3.63, 3.8) is 0 Å². The molecule has 0 bridgehead atoms. The lowest BCUT2D eigenvalue weighted by Gasteiger charge is -2.13. The van der Waals surface area contributed by atoms with Gasteiger partial charge in [-0.15, -0.1) is 11.3 Å². The van der Waals surface area contributed by atoms with Crippen LogP contribution in [0.3, 0.4) is 0 Å². The van der Waals surface area contributed by atoms with Crippen LogP contribution in [0.5, 0.6) is 0 Å². The van der Waals surface area contributed by atoms with Crippen molar-refractivity contribution in [2.45, 2.75) is 24.1 Å². The molecule has 1 rings (SSSR count). The van der Waals surface area contributed by atoms with E-state index in [1.807, 2.05) is 6.07 Å². The summed E-state index contributed by atoms with van der Waals surface area (Å²) in [5.41, 5.74) is 0. The maximum absolute atomic E-state index is 11.8. The Kier molecular flexibility index (Phi) is 4.50. The van der Waals surface area contributed by atoms with Crippen LogP contribution in [0.25, 0.3) is 0 Å². The van der Waals surface area contributed by atoms with Crippen LogP contribution in [0.2, 0.25) is 0 Å². The van der Waals surface area contributed by atoms with E-state index in [4.69, 9.17) is 5.26 Å². The second kappa shape index (κ2) is 5.27. The molecule has 1 atom stereocenters. The molecule has 0 amide bonds. The molecule has 0 spiro atoms. The number of sulfonamides is 1. The van der Waals surface area contributed by atoms with Crippen LogP contribution in [0, 0.1) is 17.2 Å². The predicted octanol–water partition coefficient (Wildman–Crippen LogP) is 2.34. The van der Waals surface area contributed by atoms with E-state index in [1.54, 1.807) is 19.9 Å². The van der Waals surface area contributed by atoms with E-state index in [0.717, 1.165) is 15.1 Å². The van der Waals surface area contributed by atoms with Gasteiger partial charge in [0.25, 0.3) is 10.0 Å². The Labute approximate surface area is 107 Å². The quantitative estimate of drug-likeness (QED) is 0.924. The lowest BCUT2D eigenvalue weighted by molar-refractivity contribution is 0.516. The summed E-state index contributed by atoms with van der Waals surface area (Å²) in [6, 6.07) is 4.40. The van der Waals surface area contributed by atoms with Crippen LogP contribution in [0.1, 0.15) is 13.8 Å². The zero-order valence-electron chi connectivity index (χ0n) is 8.77. The number of hydrogen-bond donors (Lipinski definition) is 1. The van der Waals surface area contributed by atoms with Crippen molar-refractivity contribution in [1.82, 2.24) is 4.72 Å². The summed E-state index contributed by atoms with van der Waals surface area (Å²) in [5.74, 6) is -0.0665. The Morgan fingerprint density at radius 2 is 2.12 bits per heavy atom. The Bertz CT molecular complexity index is 502. The smallest absolute Gasteiger partial charge is 0.206 e. The van der Waals surface area contributed by atoms with Crippen molar-refractivity contribution >= 4 is 37.3 Å². The number of nitrogens with zero attached hydrogens (tertiary/aromatic N) is 1. The monoisotopic (exact) mass is 322 g/mol. The van der Waals surface area contributed by atoms with Crippen molar-refractivity contribution in [1.29, 1.82) is 5.26 Å². The van der Waals surface area contributed by atoms with E-state index in [1.165, 1.54) is 6.07 Å². The van der Waals surface area contributed by atoms with E-state index < -0.39 is 16.1 Å². The van der Waals surface area contributed by atoms with Crippen molar-refractivity contribution in [2.24, 2.45) is 5.92 Å². The van der Waals surface area contributed by atoms with Gasteiger partial charge in [-0.25, -0.2) is 8.42 Å². The molecule has 1 heterocycles. The summed E-state index contributed by atoms with van der Waals surface area (Å²) in [5, 5.41) is 8.83. The molecule has 7 heteroatoms. The molecule has 16 heavy (non-hydrogen) atoms. The van der Waals surface area contributed by atoms with Crippen molar-refractivity contribution in [3.8, 4) is 6.07 Å². The number of thiophene rings is 1. The highest BCUT2D eigenvalue weighted by Crippen LogP contribution is 2.26. The van der Waals surface area contributed by atoms with E-state index >= 15 is 0 Å². The highest BCUT2D eigenvalue weighted by atomic mass is 79.9. The van der Waals surface area contributed by atoms with E-state index in [9.17, 15) is 8.42 Å². The molecular weight excluding hydrogens is 312 g/mol. The van der Waals surface area contributed by atoms with Gasteiger partial charge >= 0.3 is 0 Å². The Hall–Kier alpha value is -0.420. The topological polar surface area (TPSA) is 70.0 Å². The zero-order chi connectivity index (χ0) is 12.3. The number of halogens is 1. The average molecular weight is 323 g/mol. The number of hydrogen-bond acceptors (Lipinski definition) is 4. The van der Waals surface area contributed by atoms with Crippen LogP contribution in [-0.2, 0) is 10.0 Å². The third kappa shape index (κ3) is 3.28. The summed E-state index contributed by atoms with van der Waals surface area (Å²) >= 11 is 4.31. The minimum atomic E-state index is -3.58. The fourth-order valence-electron chi connectivity index (χ4n) is 0.979. The van der Waals surface area contributed by atoms with Gasteiger partial charge in [0.15, 0.2) is 0 Å². The van der Waals surface area contributed by atoms with Gasteiger partial charge in [-0.3, -0.25) is 0 Å². The first-order chi connectivity index (χ1) is 7.36. The molecule has 0 saturated heterocycles. The molecule has 1 aromatic rings. The zero-order valence-corrected chi connectivity index (χ0v) is 12.0. The molecule has 0 saturated carbocycles. The van der Waals surface area contributed by atoms with Crippen LogP contribution in [0.4, 0.5) is 0 Å². The van der Waals surface area contributed by atoms with Crippen molar-refractivity contribution < 1.29 is 8.42 Å². The molecule has 0 aliphatic carbocycles. The van der Waals surface area contributed by atoms with E-state index in [0.29, 0.717) is 0 Å². The minimum Gasteiger partial charge on any atom is -0.206 e. The highest BCUT2D eigenvalue weighted by Gasteiger charge is 2.23. The Morgan fingerprint density at radius 3 is 2.50 bits per heavy atom. The normalized spacial score (nSPS) is 13.7. The lowest BCUT2D eigenvalue weighted by atomic mass is 10.1. The SMILES string of the molecule is CC(C)C(C#N)NS(=O)(=O)c1ccc(Br)s1. The molecule has 1 aromatic heterocycles. The van der Waals surface area contributed by atoms with Crippen LogP contribution >= 0.6 is 27.3 Å². The molecule has 1 unspecified atom stereocenters. The Morgan fingerprint density at radius 1 is 1.50 bits per heavy atom. The molecule has 4 nitrogen and oxygen atoms in total. The van der Waals surface area contributed by atoms with Gasteiger partial charge in [-0.05, 0) is 34.0 Å². The van der Waals surface area contributed by atoms with Crippen molar-refractivity contribution in [2.75, 3.05) is 0 Å². The summed E-state index contributed by atoms with van der Waals surface area (Å²) < 4.78 is 27.0. The van der Waals surface area contributed by atoms with Gasteiger partial charge < -0.3 is 0 Å². The second-order valence-electron chi connectivity index (χ2n) is 3.53. The first-order valence-corrected chi connectivity index (χ1v) is 7.63. The lowest BCUT2D eigenvalue weighted by Crippen LogP contribution is -2.36. The summed E-state index contributed by atoms with van der Waals surface area (Å²) in [6.45, 7) is 3.58. The fraction of sp³-hybridized carbons (Fsp3) is 0.444. The van der Waals surface area contributed by atoms with Gasteiger partial charge in [0.1, 0.15) is 10.3 Å². The van der Waals surface area contributed by atoms with Gasteiger partial charge in [0.05, 0.1) is 9.86 Å². The van der Waals surface area contributed by atoms with Gasteiger partial charge in [0.2, 0.25) is 0 Å². The second-order valence-corrected chi connectivity index (χ2v) is 7.93. The summed E-state index contributed by atoms with van der Waals surface area (Å²) in [6.07, 6.45) is 0. The molecule has 0 fully saturated rings. The highest BCUT2D eigenvalue weighted by molar-refractivity contribution is 9.11. The maximum atomic E-state index is 11.8. The standard InChI is InChI=1S/C9H11BrN2O2S2/c1-6(2)7(5-11)12-16(13,14)9-4-3-8(10)15-9/h3-4,6-7,12H,1-2H3. The van der Waals surface area contributed by atoms with E-state index in [2.05, 4.69) is 20.7 Å². The molecule has 0 aromatic carbocycles. The van der Waals surface area contributed by atoms with E-state index in [-0.39, 0.29) is 10.1 Å². The number of nitriles is 1.